The van der Waals surface area contributed by atoms with Crippen molar-refractivity contribution >= 4 is 16.6 Å². The third-order valence-electron chi connectivity index (χ3n) is 4.88. The van der Waals surface area contributed by atoms with Crippen molar-refractivity contribution in [1.82, 2.24) is 24.8 Å². The second-order valence-electron chi connectivity index (χ2n) is 7.04. The largest absolute Gasteiger partial charge is 0.416 e. The molecule has 5 nitrogen and oxygen atoms in total. The molecule has 0 saturated carbocycles. The number of benzene rings is 2. The van der Waals surface area contributed by atoms with E-state index in [-0.39, 0.29) is 11.3 Å². The summed E-state index contributed by atoms with van der Waals surface area (Å²) in [5.41, 5.74) is 1.38. The van der Waals surface area contributed by atoms with E-state index in [1.807, 2.05) is 30.3 Å². The van der Waals surface area contributed by atoms with Gasteiger partial charge in [0.15, 0.2) is 11.5 Å². The summed E-state index contributed by atoms with van der Waals surface area (Å²) < 4.78 is 54.5. The van der Waals surface area contributed by atoms with Crippen LogP contribution >= 0.6 is 0 Å². The average molecular weight is 423 g/mol. The van der Waals surface area contributed by atoms with Crippen LogP contribution in [-0.4, -0.2) is 24.8 Å². The van der Waals surface area contributed by atoms with Gasteiger partial charge in [-0.1, -0.05) is 12.1 Å². The van der Waals surface area contributed by atoms with E-state index >= 15 is 0 Å². The first-order valence-electron chi connectivity index (χ1n) is 9.30. The molecule has 0 aliphatic heterocycles. The Morgan fingerprint density at radius 2 is 1.77 bits per heavy atom. The highest BCUT2D eigenvalue weighted by Crippen LogP contribution is 2.32. The quantitative estimate of drug-likeness (QED) is 0.380. The molecule has 0 spiro atoms. The molecule has 2 aromatic carbocycles. The third-order valence-corrected chi connectivity index (χ3v) is 4.88. The van der Waals surface area contributed by atoms with Crippen molar-refractivity contribution in [1.29, 1.82) is 0 Å². The van der Waals surface area contributed by atoms with Crippen molar-refractivity contribution in [2.45, 2.75) is 12.6 Å². The van der Waals surface area contributed by atoms with Gasteiger partial charge in [-0.05, 0) is 54.1 Å². The van der Waals surface area contributed by atoms with Crippen LogP contribution in [0, 0.1) is 5.82 Å². The number of hydrogen-bond acceptors (Lipinski definition) is 4. The molecule has 0 aliphatic carbocycles. The fraction of sp³-hybridized carbons (Fsp3) is 0.0909. The number of alkyl halides is 3. The van der Waals surface area contributed by atoms with Gasteiger partial charge in [0.25, 0.3) is 0 Å². The molecule has 5 rings (SSSR count). The summed E-state index contributed by atoms with van der Waals surface area (Å²) in [7, 11) is 0. The molecule has 3 aromatic heterocycles. The summed E-state index contributed by atoms with van der Waals surface area (Å²) in [6.07, 6.45) is -2.54. The Kier molecular flexibility index (Phi) is 4.39. The van der Waals surface area contributed by atoms with Crippen LogP contribution in [0.2, 0.25) is 0 Å². The molecule has 0 radical (unpaired) electrons. The molecule has 0 unspecified atom stereocenters. The maximum atomic E-state index is 13.8. The van der Waals surface area contributed by atoms with Crippen molar-refractivity contribution in [3.63, 3.8) is 0 Å². The predicted octanol–water partition coefficient (Wildman–Crippen LogP) is 5.09. The van der Waals surface area contributed by atoms with E-state index < -0.39 is 17.6 Å². The van der Waals surface area contributed by atoms with Crippen molar-refractivity contribution in [3.8, 4) is 11.3 Å². The Balaban J connectivity index is 1.55. The van der Waals surface area contributed by atoms with Gasteiger partial charge >= 0.3 is 6.18 Å². The minimum Gasteiger partial charge on any atom is -0.256 e. The van der Waals surface area contributed by atoms with E-state index in [9.17, 15) is 17.6 Å². The zero-order valence-electron chi connectivity index (χ0n) is 15.8. The molecule has 0 aliphatic rings. The van der Waals surface area contributed by atoms with Crippen molar-refractivity contribution in [2.75, 3.05) is 0 Å². The highest BCUT2D eigenvalue weighted by molar-refractivity contribution is 5.79. The van der Waals surface area contributed by atoms with Gasteiger partial charge in [-0.2, -0.15) is 22.8 Å². The molecule has 9 heteroatoms. The van der Waals surface area contributed by atoms with E-state index in [0.717, 1.165) is 28.6 Å². The van der Waals surface area contributed by atoms with Gasteiger partial charge in [0.2, 0.25) is 0 Å². The minimum absolute atomic E-state index is 0.0191. The Morgan fingerprint density at radius 3 is 2.61 bits per heavy atom. The van der Waals surface area contributed by atoms with Gasteiger partial charge in [-0.3, -0.25) is 4.98 Å². The maximum absolute atomic E-state index is 13.8. The summed E-state index contributed by atoms with van der Waals surface area (Å²) in [5, 5.41) is 13.6. The lowest BCUT2D eigenvalue weighted by atomic mass is 10.1. The number of fused-ring (bicyclic) bond motifs is 2. The first-order valence-corrected chi connectivity index (χ1v) is 9.30. The summed E-state index contributed by atoms with van der Waals surface area (Å²) in [6.45, 7) is 0. The lowest BCUT2D eigenvalue weighted by Crippen LogP contribution is -2.06. The first-order chi connectivity index (χ1) is 14.9. The van der Waals surface area contributed by atoms with Gasteiger partial charge in [-0.15, -0.1) is 10.2 Å². The smallest absolute Gasteiger partial charge is 0.256 e. The van der Waals surface area contributed by atoms with Crippen LogP contribution in [0.1, 0.15) is 17.0 Å². The molecule has 5 aromatic rings. The maximum Gasteiger partial charge on any atom is 0.416 e. The Morgan fingerprint density at radius 1 is 0.903 bits per heavy atom. The van der Waals surface area contributed by atoms with Crippen molar-refractivity contribution in [3.05, 3.63) is 89.6 Å². The third kappa shape index (κ3) is 3.70. The van der Waals surface area contributed by atoms with Crippen LogP contribution in [0.5, 0.6) is 0 Å². The number of halogens is 4. The topological polar surface area (TPSA) is 56.0 Å². The van der Waals surface area contributed by atoms with Crippen LogP contribution in [0.4, 0.5) is 17.6 Å². The van der Waals surface area contributed by atoms with Crippen molar-refractivity contribution < 1.29 is 17.6 Å². The Hall–Kier alpha value is -3.88. The SMILES string of the molecule is Fc1cc(-c2ccc3nnc(Cc4ccc5ncccc5c4)n3n2)cc(C(F)(F)F)c1. The zero-order chi connectivity index (χ0) is 21.6. The van der Waals surface area contributed by atoms with E-state index in [1.165, 1.54) is 10.6 Å². The summed E-state index contributed by atoms with van der Waals surface area (Å²) in [4.78, 5) is 4.29. The molecule has 0 bridgehead atoms. The Bertz CT molecular complexity index is 1420. The molecule has 0 saturated heterocycles. The number of aromatic nitrogens is 5. The van der Waals surface area contributed by atoms with Crippen LogP contribution in [0.3, 0.4) is 0 Å². The average Bonchev–Trinajstić information content (AvgIpc) is 3.14. The molecule has 154 valence electrons. The fourth-order valence-electron chi connectivity index (χ4n) is 3.42. The highest BCUT2D eigenvalue weighted by atomic mass is 19.4. The molecular weight excluding hydrogens is 410 g/mol. The van der Waals surface area contributed by atoms with Gasteiger partial charge in [0.05, 0.1) is 16.8 Å². The summed E-state index contributed by atoms with van der Waals surface area (Å²) in [5.74, 6) is -0.479. The predicted molar refractivity (Wildman–Crippen MR) is 106 cm³/mol. The number of nitrogens with zero attached hydrogens (tertiary/aromatic N) is 5. The first kappa shape index (κ1) is 19.1. The fourth-order valence-corrected chi connectivity index (χ4v) is 3.42. The highest BCUT2D eigenvalue weighted by Gasteiger charge is 2.31. The number of hydrogen-bond donors (Lipinski definition) is 0. The normalized spacial score (nSPS) is 12.0. The van der Waals surface area contributed by atoms with Gasteiger partial charge < -0.3 is 0 Å². The van der Waals surface area contributed by atoms with E-state index in [1.54, 1.807) is 12.3 Å². The molecular formula is C22H13F4N5. The monoisotopic (exact) mass is 423 g/mol. The van der Waals surface area contributed by atoms with Crippen LogP contribution < -0.4 is 0 Å². The molecule has 0 atom stereocenters. The van der Waals surface area contributed by atoms with Crippen LogP contribution in [0.15, 0.2) is 66.9 Å². The van der Waals surface area contributed by atoms with Crippen molar-refractivity contribution in [2.24, 2.45) is 0 Å². The van der Waals surface area contributed by atoms with E-state index in [4.69, 9.17) is 0 Å². The van der Waals surface area contributed by atoms with Gasteiger partial charge in [0, 0.05) is 23.6 Å². The lowest BCUT2D eigenvalue weighted by molar-refractivity contribution is -0.137. The molecule has 3 heterocycles. The lowest BCUT2D eigenvalue weighted by Gasteiger charge is -2.09. The number of rotatable bonds is 3. The van der Waals surface area contributed by atoms with Crippen LogP contribution in [0.25, 0.3) is 27.8 Å². The molecule has 31 heavy (non-hydrogen) atoms. The van der Waals surface area contributed by atoms with E-state index in [0.29, 0.717) is 24.0 Å². The summed E-state index contributed by atoms with van der Waals surface area (Å²) >= 11 is 0. The molecule has 0 N–H and O–H groups in total. The molecule has 0 fully saturated rings. The zero-order valence-corrected chi connectivity index (χ0v) is 15.8. The molecule has 0 amide bonds. The minimum atomic E-state index is -4.66. The van der Waals surface area contributed by atoms with Gasteiger partial charge in [-0.25, -0.2) is 4.39 Å². The Labute approximate surface area is 173 Å². The number of pyridine rings is 1. The van der Waals surface area contributed by atoms with Crippen LogP contribution in [-0.2, 0) is 12.6 Å². The standard InChI is InChI=1S/C22H13F4N5/c23-17-11-15(10-16(12-17)22(24,25)26)19-5-6-20-28-29-21(31(20)30-19)9-13-3-4-18-14(8-13)2-1-7-27-18/h1-8,10-12H,9H2. The van der Waals surface area contributed by atoms with E-state index in [2.05, 4.69) is 20.3 Å². The second kappa shape index (κ2) is 7.12. The summed E-state index contributed by atoms with van der Waals surface area (Å²) in [6, 6.07) is 15.0. The second-order valence-corrected chi connectivity index (χ2v) is 7.04. The van der Waals surface area contributed by atoms with Gasteiger partial charge in [0.1, 0.15) is 5.82 Å².